The van der Waals surface area contributed by atoms with E-state index in [1.807, 2.05) is 35.6 Å². The molecule has 98 valence electrons. The topological polar surface area (TPSA) is 37.3 Å². The summed E-state index contributed by atoms with van der Waals surface area (Å²) in [5, 5.41) is 3.44. The summed E-state index contributed by atoms with van der Waals surface area (Å²) in [7, 11) is 1.96. The molecule has 4 heteroatoms. The number of fused-ring (bicyclic) bond motifs is 1. The Balaban J connectivity index is 1.75. The van der Waals surface area contributed by atoms with Crippen molar-refractivity contribution in [1.29, 1.82) is 0 Å². The quantitative estimate of drug-likeness (QED) is 0.804. The van der Waals surface area contributed by atoms with Crippen LogP contribution in [-0.4, -0.2) is 41.6 Å². The lowest BCUT2D eigenvalue weighted by Gasteiger charge is -2.34. The van der Waals surface area contributed by atoms with Crippen LogP contribution in [0.15, 0.2) is 12.1 Å². The molecule has 2 atom stereocenters. The third-order valence-corrected chi connectivity index (χ3v) is 4.58. The van der Waals surface area contributed by atoms with Crippen molar-refractivity contribution < 1.29 is 4.79 Å². The first-order valence-electron chi connectivity index (χ1n) is 6.79. The molecule has 1 aromatic heterocycles. The number of hydrogen-bond donors (Lipinski definition) is 1. The zero-order valence-corrected chi connectivity index (χ0v) is 11.1. The van der Waals surface area contributed by atoms with E-state index in [9.17, 15) is 4.79 Å². The summed E-state index contributed by atoms with van der Waals surface area (Å²) in [6.45, 7) is 6.06. The molecule has 1 N–H and O–H groups in total. The van der Waals surface area contributed by atoms with Gasteiger partial charge >= 0.3 is 0 Å². The number of carbonyl (C=O) groups is 1. The minimum atomic E-state index is 0.191. The number of carbonyl (C=O) groups excluding carboxylic acids is 1. The first-order valence-corrected chi connectivity index (χ1v) is 6.79. The van der Waals surface area contributed by atoms with E-state index >= 15 is 0 Å². The predicted molar refractivity (Wildman–Crippen MR) is 70.5 cm³/mol. The lowest BCUT2D eigenvalue weighted by Crippen LogP contribution is -2.43. The van der Waals surface area contributed by atoms with Gasteiger partial charge in [0.2, 0.25) is 0 Å². The van der Waals surface area contributed by atoms with E-state index < -0.39 is 0 Å². The summed E-state index contributed by atoms with van der Waals surface area (Å²) in [4.78, 5) is 14.5. The minimum Gasteiger partial charge on any atom is -0.344 e. The molecular weight excluding hydrogens is 226 g/mol. The summed E-state index contributed by atoms with van der Waals surface area (Å²) in [6, 6.07) is 3.95. The smallest absolute Gasteiger partial charge is 0.270 e. The van der Waals surface area contributed by atoms with Gasteiger partial charge in [0.1, 0.15) is 5.69 Å². The Morgan fingerprint density at radius 3 is 2.83 bits per heavy atom. The van der Waals surface area contributed by atoms with Crippen LogP contribution in [0.4, 0.5) is 0 Å². The number of likely N-dealkylation sites (tertiary alicyclic amines) is 1. The van der Waals surface area contributed by atoms with Crippen LogP contribution in [0, 0.1) is 18.8 Å². The second-order valence-corrected chi connectivity index (χ2v) is 5.64. The van der Waals surface area contributed by atoms with Gasteiger partial charge in [0, 0.05) is 25.8 Å². The standard InChI is InChI=1S/C14H21N3O/c1-10-3-4-13(16(10)2)14(18)17-6-5-11-7-15-8-12(11)9-17/h3-4,11-12,15H,5-9H2,1-2H3. The van der Waals surface area contributed by atoms with Crippen molar-refractivity contribution >= 4 is 5.91 Å². The average Bonchev–Trinajstić information content (AvgIpc) is 2.96. The SMILES string of the molecule is Cc1ccc(C(=O)N2CCC3CNCC3C2)n1C. The van der Waals surface area contributed by atoms with Gasteiger partial charge in [-0.3, -0.25) is 4.79 Å². The van der Waals surface area contributed by atoms with Crippen LogP contribution in [-0.2, 0) is 7.05 Å². The monoisotopic (exact) mass is 247 g/mol. The van der Waals surface area contributed by atoms with Crippen LogP contribution in [0.5, 0.6) is 0 Å². The fourth-order valence-corrected chi connectivity index (χ4v) is 3.21. The second kappa shape index (κ2) is 4.43. The largest absolute Gasteiger partial charge is 0.344 e. The van der Waals surface area contributed by atoms with Crippen molar-refractivity contribution in [3.05, 3.63) is 23.5 Å². The average molecular weight is 247 g/mol. The van der Waals surface area contributed by atoms with Crippen LogP contribution in [0.2, 0.25) is 0 Å². The Morgan fingerprint density at radius 2 is 2.11 bits per heavy atom. The Morgan fingerprint density at radius 1 is 1.33 bits per heavy atom. The number of rotatable bonds is 1. The van der Waals surface area contributed by atoms with E-state index in [0.717, 1.165) is 49.9 Å². The molecule has 0 spiro atoms. The van der Waals surface area contributed by atoms with Crippen molar-refractivity contribution in [1.82, 2.24) is 14.8 Å². The summed E-state index contributed by atoms with van der Waals surface area (Å²) < 4.78 is 1.99. The number of piperidine rings is 1. The minimum absolute atomic E-state index is 0.191. The number of hydrogen-bond acceptors (Lipinski definition) is 2. The van der Waals surface area contributed by atoms with Crippen molar-refractivity contribution in [2.24, 2.45) is 18.9 Å². The highest BCUT2D eigenvalue weighted by Crippen LogP contribution is 2.27. The van der Waals surface area contributed by atoms with Crippen LogP contribution in [0.25, 0.3) is 0 Å². The summed E-state index contributed by atoms with van der Waals surface area (Å²) in [5.41, 5.74) is 1.95. The van der Waals surface area contributed by atoms with E-state index in [4.69, 9.17) is 0 Å². The first-order chi connectivity index (χ1) is 8.66. The number of aromatic nitrogens is 1. The second-order valence-electron chi connectivity index (χ2n) is 5.64. The highest BCUT2D eigenvalue weighted by molar-refractivity contribution is 5.93. The van der Waals surface area contributed by atoms with Gasteiger partial charge in [-0.25, -0.2) is 0 Å². The van der Waals surface area contributed by atoms with Gasteiger partial charge in [0.05, 0.1) is 0 Å². The molecule has 3 heterocycles. The molecule has 0 bridgehead atoms. The fourth-order valence-electron chi connectivity index (χ4n) is 3.21. The molecule has 2 fully saturated rings. The number of amides is 1. The molecule has 18 heavy (non-hydrogen) atoms. The fraction of sp³-hybridized carbons (Fsp3) is 0.643. The Kier molecular flexibility index (Phi) is 2.90. The molecule has 0 radical (unpaired) electrons. The van der Waals surface area contributed by atoms with Crippen molar-refractivity contribution in [2.75, 3.05) is 26.2 Å². The van der Waals surface area contributed by atoms with Crippen molar-refractivity contribution in [3.63, 3.8) is 0 Å². The zero-order valence-electron chi connectivity index (χ0n) is 11.1. The molecule has 0 saturated carbocycles. The lowest BCUT2D eigenvalue weighted by molar-refractivity contribution is 0.0632. The number of nitrogens with zero attached hydrogens (tertiary/aromatic N) is 2. The van der Waals surface area contributed by atoms with E-state index in [1.54, 1.807) is 0 Å². The lowest BCUT2D eigenvalue weighted by atomic mass is 9.88. The van der Waals surface area contributed by atoms with Crippen molar-refractivity contribution in [3.8, 4) is 0 Å². The van der Waals surface area contributed by atoms with Crippen molar-refractivity contribution in [2.45, 2.75) is 13.3 Å². The third kappa shape index (κ3) is 1.85. The van der Waals surface area contributed by atoms with E-state index in [-0.39, 0.29) is 5.91 Å². The van der Waals surface area contributed by atoms with E-state index in [2.05, 4.69) is 5.32 Å². The van der Waals surface area contributed by atoms with Crippen LogP contribution in [0.3, 0.4) is 0 Å². The molecule has 2 unspecified atom stereocenters. The Bertz CT molecular complexity index is 466. The number of nitrogens with one attached hydrogen (secondary N) is 1. The molecule has 0 aromatic carbocycles. The normalized spacial score (nSPS) is 27.3. The highest BCUT2D eigenvalue weighted by atomic mass is 16.2. The maximum Gasteiger partial charge on any atom is 0.270 e. The van der Waals surface area contributed by atoms with E-state index in [0.29, 0.717) is 5.92 Å². The summed E-state index contributed by atoms with van der Waals surface area (Å²) in [5.74, 6) is 1.63. The molecule has 4 nitrogen and oxygen atoms in total. The summed E-state index contributed by atoms with van der Waals surface area (Å²) >= 11 is 0. The zero-order chi connectivity index (χ0) is 12.7. The molecule has 2 aliphatic rings. The molecule has 1 aromatic rings. The molecule has 0 aliphatic carbocycles. The van der Waals surface area contributed by atoms with Gasteiger partial charge in [-0.05, 0) is 50.4 Å². The Labute approximate surface area is 108 Å². The molecule has 1 amide bonds. The predicted octanol–water partition coefficient (Wildman–Crippen LogP) is 1.02. The first kappa shape index (κ1) is 11.8. The Hall–Kier alpha value is -1.29. The number of aryl methyl sites for hydroxylation is 1. The maximum atomic E-state index is 12.5. The van der Waals surface area contributed by atoms with Crippen LogP contribution < -0.4 is 5.32 Å². The molecular formula is C14H21N3O. The van der Waals surface area contributed by atoms with Gasteiger partial charge in [-0.1, -0.05) is 0 Å². The maximum absolute atomic E-state index is 12.5. The van der Waals surface area contributed by atoms with Gasteiger partial charge in [-0.2, -0.15) is 0 Å². The summed E-state index contributed by atoms with van der Waals surface area (Å²) in [6.07, 6.45) is 1.15. The molecule has 3 rings (SSSR count). The van der Waals surface area contributed by atoms with Gasteiger partial charge in [0.15, 0.2) is 0 Å². The van der Waals surface area contributed by atoms with E-state index in [1.165, 1.54) is 0 Å². The highest BCUT2D eigenvalue weighted by Gasteiger charge is 2.35. The van der Waals surface area contributed by atoms with Crippen LogP contribution >= 0.6 is 0 Å². The molecule has 2 aliphatic heterocycles. The van der Waals surface area contributed by atoms with Gasteiger partial charge in [-0.15, -0.1) is 0 Å². The van der Waals surface area contributed by atoms with Crippen LogP contribution in [0.1, 0.15) is 22.6 Å². The third-order valence-electron chi connectivity index (χ3n) is 4.58. The van der Waals surface area contributed by atoms with Gasteiger partial charge < -0.3 is 14.8 Å². The van der Waals surface area contributed by atoms with Gasteiger partial charge in [0.25, 0.3) is 5.91 Å². The molecule has 2 saturated heterocycles.